The number of benzene rings is 2. The first kappa shape index (κ1) is 18.0. The van der Waals surface area contributed by atoms with Gasteiger partial charge in [-0.05, 0) is 29.3 Å². The topological polar surface area (TPSA) is 52.6 Å². The van der Waals surface area contributed by atoms with E-state index in [2.05, 4.69) is 4.74 Å². The lowest BCUT2D eigenvalue weighted by Gasteiger charge is -2.00. The van der Waals surface area contributed by atoms with Gasteiger partial charge < -0.3 is 9.47 Å². The predicted octanol–water partition coefficient (Wildman–Crippen LogP) is 4.39. The van der Waals surface area contributed by atoms with E-state index in [1.54, 1.807) is 12.1 Å². The molecule has 6 heteroatoms. The van der Waals surface area contributed by atoms with Gasteiger partial charge in [0.2, 0.25) is 0 Å². The maximum absolute atomic E-state index is 10.3. The average molecular weight is 341 g/mol. The van der Waals surface area contributed by atoms with Gasteiger partial charge in [-0.25, -0.2) is 4.79 Å². The van der Waals surface area contributed by atoms with Crippen LogP contribution in [0.2, 0.25) is 0 Å². The molecule has 4 nitrogen and oxygen atoms in total. The van der Waals surface area contributed by atoms with Crippen molar-refractivity contribution >= 4 is 33.9 Å². The summed E-state index contributed by atoms with van der Waals surface area (Å²) >= 11 is 10.0. The fourth-order valence-corrected chi connectivity index (χ4v) is 1.48. The van der Waals surface area contributed by atoms with E-state index in [9.17, 15) is 9.59 Å². The Morgan fingerprint density at radius 3 is 1.91 bits per heavy atom. The van der Waals surface area contributed by atoms with Crippen LogP contribution in [0.5, 0.6) is 5.75 Å². The minimum Gasteiger partial charge on any atom is -0.484 e. The van der Waals surface area contributed by atoms with Crippen LogP contribution in [0.4, 0.5) is 4.79 Å². The summed E-state index contributed by atoms with van der Waals surface area (Å²) in [5.74, 6) is 0.654. The molecule has 0 aromatic heterocycles. The lowest BCUT2D eigenvalue weighted by molar-refractivity contribution is -0.113. The first-order valence-corrected chi connectivity index (χ1v) is 7.06. The first-order chi connectivity index (χ1) is 10.6. The first-order valence-electron chi connectivity index (χ1n) is 6.30. The zero-order valence-corrected chi connectivity index (χ0v) is 13.1. The van der Waals surface area contributed by atoms with Crippen molar-refractivity contribution in [2.75, 3.05) is 6.61 Å². The van der Waals surface area contributed by atoms with Crippen molar-refractivity contribution in [1.82, 2.24) is 0 Å². The molecule has 0 bridgehead atoms. The maximum atomic E-state index is 10.3. The number of halogens is 2. The fraction of sp³-hybridized carbons (Fsp3) is 0.125. The van der Waals surface area contributed by atoms with Gasteiger partial charge in [-0.15, -0.1) is 0 Å². The highest BCUT2D eigenvalue weighted by atomic mass is 35.5. The molecule has 0 radical (unpaired) electrons. The molecule has 0 atom stereocenters. The Morgan fingerprint density at radius 2 is 1.41 bits per heavy atom. The molecule has 0 saturated carbocycles. The summed E-state index contributed by atoms with van der Waals surface area (Å²) in [6.07, 6.45) is 0. The minimum absolute atomic E-state index is 0.0778. The summed E-state index contributed by atoms with van der Waals surface area (Å²) in [4.78, 5) is 20.4. The standard InChI is InChI=1S/2C8H7ClO2/c9-8(10)6-11-7-4-2-1-3-5-7;9-8(10)11-6-7-4-2-1-3-5-7/h2*1-5H,6H2. The lowest BCUT2D eigenvalue weighted by Crippen LogP contribution is -2.03. The Bertz CT molecular complexity index is 520. The number of rotatable bonds is 5. The normalized spacial score (nSPS) is 9.18. The molecule has 0 fully saturated rings. The number of carbonyl (C=O) groups excluding carboxylic acids is 2. The third-order valence-electron chi connectivity index (χ3n) is 2.29. The van der Waals surface area contributed by atoms with E-state index in [0.29, 0.717) is 5.75 Å². The van der Waals surface area contributed by atoms with Crippen LogP contribution in [0.3, 0.4) is 0 Å². The zero-order chi connectivity index (χ0) is 16.2. The molecule has 0 saturated heterocycles. The number of hydrogen-bond acceptors (Lipinski definition) is 4. The highest BCUT2D eigenvalue weighted by Gasteiger charge is 1.96. The van der Waals surface area contributed by atoms with E-state index in [0.717, 1.165) is 5.56 Å². The van der Waals surface area contributed by atoms with Gasteiger partial charge >= 0.3 is 5.43 Å². The average Bonchev–Trinajstić information content (AvgIpc) is 2.53. The molecule has 0 unspecified atom stereocenters. The van der Waals surface area contributed by atoms with Crippen molar-refractivity contribution in [3.8, 4) is 5.75 Å². The molecule has 2 rings (SSSR count). The molecule has 2 aromatic carbocycles. The van der Waals surface area contributed by atoms with Crippen molar-refractivity contribution in [2.45, 2.75) is 6.61 Å². The van der Waals surface area contributed by atoms with Gasteiger partial charge in [0.15, 0.2) is 6.61 Å². The van der Waals surface area contributed by atoms with Crippen LogP contribution in [0.25, 0.3) is 0 Å². The molecule has 0 aliphatic rings. The predicted molar refractivity (Wildman–Crippen MR) is 85.3 cm³/mol. The number of hydrogen-bond donors (Lipinski definition) is 0. The molecule has 22 heavy (non-hydrogen) atoms. The van der Waals surface area contributed by atoms with Gasteiger partial charge in [0, 0.05) is 11.6 Å². The summed E-state index contributed by atoms with van der Waals surface area (Å²) in [6, 6.07) is 18.4. The van der Waals surface area contributed by atoms with Gasteiger partial charge in [-0.1, -0.05) is 48.5 Å². The number of ether oxygens (including phenoxy) is 2. The summed E-state index contributed by atoms with van der Waals surface area (Å²) in [7, 11) is 0. The van der Waals surface area contributed by atoms with Gasteiger partial charge in [0.25, 0.3) is 5.24 Å². The van der Waals surface area contributed by atoms with Crippen LogP contribution >= 0.6 is 23.2 Å². The quantitative estimate of drug-likeness (QED) is 0.757. The van der Waals surface area contributed by atoms with E-state index in [1.807, 2.05) is 48.5 Å². The Hall–Kier alpha value is -2.04. The second kappa shape index (κ2) is 10.7. The fourth-order valence-electron chi connectivity index (χ4n) is 1.37. The third kappa shape index (κ3) is 9.00. The van der Waals surface area contributed by atoms with Crippen LogP contribution < -0.4 is 4.74 Å². The minimum atomic E-state index is -0.770. The molecular weight excluding hydrogens is 327 g/mol. The van der Waals surface area contributed by atoms with Crippen molar-refractivity contribution in [2.24, 2.45) is 0 Å². The van der Waals surface area contributed by atoms with Crippen LogP contribution in [0.1, 0.15) is 5.56 Å². The molecular formula is C16H14Cl2O4. The lowest BCUT2D eigenvalue weighted by atomic mass is 10.2. The van der Waals surface area contributed by atoms with Crippen LogP contribution in [0, 0.1) is 0 Å². The van der Waals surface area contributed by atoms with Crippen molar-refractivity contribution in [1.29, 1.82) is 0 Å². The second-order valence-corrected chi connectivity index (χ2v) is 4.70. The highest BCUT2D eigenvalue weighted by Crippen LogP contribution is 2.07. The zero-order valence-electron chi connectivity index (χ0n) is 11.6. The van der Waals surface area contributed by atoms with Gasteiger partial charge in [0.1, 0.15) is 12.4 Å². The van der Waals surface area contributed by atoms with Crippen LogP contribution in [-0.2, 0) is 16.1 Å². The Labute approximate surface area is 138 Å². The number of para-hydroxylation sites is 1. The monoisotopic (exact) mass is 340 g/mol. The smallest absolute Gasteiger partial charge is 0.404 e. The van der Waals surface area contributed by atoms with E-state index < -0.39 is 10.7 Å². The Balaban J connectivity index is 0.000000220. The Kier molecular flexibility index (Phi) is 8.72. The molecule has 0 N–H and O–H groups in total. The van der Waals surface area contributed by atoms with E-state index in [1.165, 1.54) is 0 Å². The van der Waals surface area contributed by atoms with E-state index in [-0.39, 0.29) is 13.2 Å². The van der Waals surface area contributed by atoms with E-state index in [4.69, 9.17) is 27.9 Å². The third-order valence-corrected chi connectivity index (χ3v) is 2.51. The molecule has 116 valence electrons. The van der Waals surface area contributed by atoms with Gasteiger partial charge in [-0.2, -0.15) is 0 Å². The van der Waals surface area contributed by atoms with Crippen LogP contribution in [0.15, 0.2) is 60.7 Å². The van der Waals surface area contributed by atoms with Crippen LogP contribution in [-0.4, -0.2) is 17.3 Å². The largest absolute Gasteiger partial charge is 0.484 e. The Morgan fingerprint density at radius 1 is 0.864 bits per heavy atom. The van der Waals surface area contributed by atoms with Crippen molar-refractivity contribution < 1.29 is 19.1 Å². The molecule has 0 aliphatic carbocycles. The molecule has 0 heterocycles. The summed E-state index contributed by atoms with van der Waals surface area (Å²) < 4.78 is 9.54. The molecule has 0 spiro atoms. The molecule has 2 aromatic rings. The van der Waals surface area contributed by atoms with Crippen molar-refractivity contribution in [3.63, 3.8) is 0 Å². The maximum Gasteiger partial charge on any atom is 0.404 e. The second-order valence-electron chi connectivity index (χ2n) is 3.97. The number of carbonyl (C=O) groups is 2. The van der Waals surface area contributed by atoms with E-state index >= 15 is 0 Å². The summed E-state index contributed by atoms with van der Waals surface area (Å²) in [5, 5.41) is -0.492. The van der Waals surface area contributed by atoms with Gasteiger partial charge in [-0.3, -0.25) is 4.79 Å². The molecule has 0 aliphatic heterocycles. The SMILES string of the molecule is O=C(Cl)COc1ccccc1.O=C(Cl)OCc1ccccc1. The van der Waals surface area contributed by atoms with Gasteiger partial charge in [0.05, 0.1) is 0 Å². The highest BCUT2D eigenvalue weighted by molar-refractivity contribution is 6.63. The summed E-state index contributed by atoms with van der Waals surface area (Å²) in [6.45, 7) is 0.161. The molecule has 0 amide bonds. The summed E-state index contributed by atoms with van der Waals surface area (Å²) in [5.41, 5.74) is 0.162. The van der Waals surface area contributed by atoms with Crippen molar-refractivity contribution in [3.05, 3.63) is 66.2 Å².